The molecule has 3 N–H and O–H groups in total. The van der Waals surface area contributed by atoms with Crippen molar-refractivity contribution in [3.63, 3.8) is 0 Å². The molecule has 0 aromatic carbocycles. The summed E-state index contributed by atoms with van der Waals surface area (Å²) >= 11 is 0. The Hall–Kier alpha value is -3.07. The molecule has 276 valence electrons. The summed E-state index contributed by atoms with van der Waals surface area (Å²) in [6.07, 6.45) is -6.19. The van der Waals surface area contributed by atoms with Crippen LogP contribution in [0.15, 0.2) is 11.8 Å². The van der Waals surface area contributed by atoms with E-state index in [1.54, 1.807) is 13.0 Å². The van der Waals surface area contributed by atoms with Crippen LogP contribution in [0.4, 0.5) is 0 Å². The molecule has 0 bridgehead atoms. The summed E-state index contributed by atoms with van der Waals surface area (Å²) in [4.78, 5) is 65.2. The van der Waals surface area contributed by atoms with Crippen LogP contribution in [0.25, 0.3) is 0 Å². The first-order chi connectivity index (χ1) is 23.1. The quantitative estimate of drug-likeness (QED) is 0.214. The minimum Gasteiger partial charge on any atom is -0.462 e. The highest BCUT2D eigenvalue weighted by Gasteiger charge is 2.83. The zero-order valence-corrected chi connectivity index (χ0v) is 29.8. The summed E-state index contributed by atoms with van der Waals surface area (Å²) in [5.41, 5.74) is -6.05. The molecule has 2 aliphatic heterocycles. The van der Waals surface area contributed by atoms with Gasteiger partial charge in [0.15, 0.2) is 5.60 Å². The lowest BCUT2D eigenvalue weighted by Crippen LogP contribution is -2.75. The Balaban J connectivity index is 1.53. The lowest BCUT2D eigenvalue weighted by atomic mass is 9.40. The van der Waals surface area contributed by atoms with Crippen LogP contribution < -0.4 is 0 Å². The van der Waals surface area contributed by atoms with Crippen molar-refractivity contribution in [3.05, 3.63) is 11.8 Å². The summed E-state index contributed by atoms with van der Waals surface area (Å²) in [5, 5.41) is 36.4. The highest BCUT2D eigenvalue weighted by molar-refractivity contribution is 5.85. The Morgan fingerprint density at radius 1 is 0.760 bits per heavy atom. The monoisotopic (exact) mass is 704 g/mol. The van der Waals surface area contributed by atoms with Gasteiger partial charge in [-0.1, -0.05) is 20.8 Å². The molecule has 0 radical (unpaired) electrons. The second kappa shape index (κ2) is 11.0. The number of esters is 5. The third-order valence-electron chi connectivity index (χ3n) is 14.3. The molecule has 4 saturated carbocycles. The van der Waals surface area contributed by atoms with Crippen molar-refractivity contribution >= 4 is 29.8 Å². The lowest BCUT2D eigenvalue weighted by Gasteiger charge is -2.66. The van der Waals surface area contributed by atoms with Crippen molar-refractivity contribution in [2.24, 2.45) is 57.7 Å². The summed E-state index contributed by atoms with van der Waals surface area (Å²) in [6.45, 7) is 13.5. The first-order valence-electron chi connectivity index (χ1n) is 17.5. The Morgan fingerprint density at radius 2 is 1.30 bits per heavy atom. The molecule has 5 aliphatic carbocycles. The smallest absolute Gasteiger partial charge is 0.343 e. The molecule has 0 aromatic rings. The van der Waals surface area contributed by atoms with Crippen LogP contribution in [0.1, 0.15) is 68.7 Å². The normalized spacial score (nSPS) is 53.8. The molecule has 7 rings (SSSR count). The van der Waals surface area contributed by atoms with Crippen molar-refractivity contribution in [3.8, 4) is 0 Å². The number of fused-ring (bicyclic) bond motifs is 10. The van der Waals surface area contributed by atoms with Crippen LogP contribution in [0.2, 0.25) is 0 Å². The van der Waals surface area contributed by atoms with Crippen molar-refractivity contribution in [1.29, 1.82) is 0 Å². The van der Waals surface area contributed by atoms with Crippen molar-refractivity contribution < 1.29 is 67.7 Å². The van der Waals surface area contributed by atoms with E-state index in [1.165, 1.54) is 34.6 Å². The van der Waals surface area contributed by atoms with Gasteiger partial charge in [0.25, 0.3) is 0 Å². The van der Waals surface area contributed by atoms with Gasteiger partial charge in [-0.25, -0.2) is 4.79 Å². The fourth-order valence-corrected chi connectivity index (χ4v) is 12.5. The van der Waals surface area contributed by atoms with Crippen molar-refractivity contribution in [1.82, 2.24) is 0 Å². The Kier molecular flexibility index (Phi) is 7.75. The van der Waals surface area contributed by atoms with Gasteiger partial charge in [0, 0.05) is 62.2 Å². The summed E-state index contributed by atoms with van der Waals surface area (Å²) in [6, 6.07) is 0. The summed E-state index contributed by atoms with van der Waals surface area (Å²) in [5.74, 6) is -8.80. The van der Waals surface area contributed by atoms with Crippen LogP contribution >= 0.6 is 0 Å². The summed E-state index contributed by atoms with van der Waals surface area (Å²) < 4.78 is 36.4. The Labute approximate surface area is 290 Å². The maximum absolute atomic E-state index is 13.3. The number of epoxide rings is 1. The first kappa shape index (κ1) is 35.3. The standard InChI is InChI=1S/C36H48O14/c1-12-10-19-35(8,36(9,44)32(43)50-19)24-21(12)34(7)22(28(24)45-13(2)37)20-23(29(46-14(3)38)31(34)48-16(5)40)33(6)17(25(41)26(20)42)11-18-27(49-18)30(33)47-15(4)39/h10,12,17-18,20-31,41-42,44H,11H2,1-9H3/t12-,17-,18+,20+,21+,22-,23?,24+,25+,26-,27+,28-,29+,30+,31+,33+,34-,35+,36-/m1/s1. The number of hydrogen-bond acceptors (Lipinski definition) is 14. The molecule has 50 heavy (non-hydrogen) atoms. The van der Waals surface area contributed by atoms with Crippen LogP contribution in [0.5, 0.6) is 0 Å². The van der Waals surface area contributed by atoms with Gasteiger partial charge in [0.05, 0.1) is 23.7 Å². The number of rotatable bonds is 4. The largest absolute Gasteiger partial charge is 0.462 e. The molecular formula is C36H48O14. The summed E-state index contributed by atoms with van der Waals surface area (Å²) in [7, 11) is 0. The van der Waals surface area contributed by atoms with E-state index >= 15 is 0 Å². The average Bonchev–Trinajstić information content (AvgIpc) is 3.68. The van der Waals surface area contributed by atoms with Crippen LogP contribution in [0, 0.1) is 57.7 Å². The second-order valence-electron chi connectivity index (χ2n) is 16.6. The molecule has 14 heteroatoms. The van der Waals surface area contributed by atoms with E-state index in [2.05, 4.69) is 0 Å². The highest BCUT2D eigenvalue weighted by atomic mass is 16.6. The maximum Gasteiger partial charge on any atom is 0.343 e. The zero-order chi connectivity index (χ0) is 36.8. The van der Waals surface area contributed by atoms with Crippen LogP contribution in [-0.4, -0.2) is 99.6 Å². The lowest BCUT2D eigenvalue weighted by molar-refractivity contribution is -0.300. The van der Waals surface area contributed by atoms with E-state index in [1.807, 2.05) is 20.8 Å². The number of aliphatic hydroxyl groups excluding tert-OH is 2. The van der Waals surface area contributed by atoms with E-state index in [4.69, 9.17) is 28.4 Å². The molecular weight excluding hydrogens is 656 g/mol. The number of ether oxygens (including phenoxy) is 6. The van der Waals surface area contributed by atoms with E-state index < -0.39 is 136 Å². The molecule has 2 saturated heterocycles. The maximum atomic E-state index is 13.3. The number of hydrogen-bond donors (Lipinski definition) is 3. The van der Waals surface area contributed by atoms with Gasteiger partial charge in [-0.05, 0) is 44.1 Å². The first-order valence-corrected chi connectivity index (χ1v) is 17.5. The van der Waals surface area contributed by atoms with Gasteiger partial charge in [0.1, 0.15) is 36.3 Å². The Morgan fingerprint density at radius 3 is 1.88 bits per heavy atom. The fourth-order valence-electron chi connectivity index (χ4n) is 12.5. The van der Waals surface area contributed by atoms with E-state index in [0.29, 0.717) is 6.42 Å². The molecule has 0 amide bonds. The number of aliphatic hydroxyl groups is 3. The molecule has 0 spiro atoms. The second-order valence-corrected chi connectivity index (χ2v) is 16.6. The van der Waals surface area contributed by atoms with Crippen molar-refractivity contribution in [2.45, 2.75) is 123 Å². The van der Waals surface area contributed by atoms with E-state index in [0.717, 1.165) is 0 Å². The molecule has 1 unspecified atom stereocenters. The predicted molar refractivity (Wildman–Crippen MR) is 167 cm³/mol. The molecule has 14 nitrogen and oxygen atoms in total. The molecule has 7 aliphatic rings. The minimum atomic E-state index is -2.08. The number of allylic oxidation sites excluding steroid dienone is 1. The van der Waals surface area contributed by atoms with Crippen LogP contribution in [-0.2, 0) is 52.4 Å². The molecule has 2 heterocycles. The SMILES string of the molecule is CC(=O)O[C@@H]1[C@H]2[C@H]3C([C@H](OC(C)=O)[C@H](OC(C)=O)[C@]2(C)[C@@H]2[C@@H]1[C@]1(C)C(=C[C@H]2C)OC(=O)[C@@]1(C)O)[C@]1(C)[C@H](C[C@@H]2O[C@@H]2[C@@H]1OC(C)=O)[C@H](O)[C@@H]3O. The molecule has 0 aromatic heterocycles. The van der Waals surface area contributed by atoms with E-state index in [-0.39, 0.29) is 11.9 Å². The fraction of sp³-hybridized carbons (Fsp3) is 0.806. The van der Waals surface area contributed by atoms with Gasteiger partial charge in [-0.3, -0.25) is 19.2 Å². The van der Waals surface area contributed by atoms with E-state index in [9.17, 15) is 39.3 Å². The topological polar surface area (TPSA) is 205 Å². The minimum absolute atomic E-state index is 0.216. The van der Waals surface area contributed by atoms with Gasteiger partial charge in [-0.15, -0.1) is 0 Å². The molecule has 19 atom stereocenters. The van der Waals surface area contributed by atoms with Crippen LogP contribution in [0.3, 0.4) is 0 Å². The van der Waals surface area contributed by atoms with Gasteiger partial charge < -0.3 is 43.7 Å². The van der Waals surface area contributed by atoms with Crippen molar-refractivity contribution in [2.75, 3.05) is 0 Å². The van der Waals surface area contributed by atoms with Gasteiger partial charge in [-0.2, -0.15) is 0 Å². The predicted octanol–water partition coefficient (Wildman–Crippen LogP) is 1.20. The highest BCUT2D eigenvalue weighted by Crippen LogP contribution is 2.76. The van der Waals surface area contributed by atoms with Gasteiger partial charge in [0.2, 0.25) is 0 Å². The third-order valence-corrected chi connectivity index (χ3v) is 14.3. The number of carbonyl (C=O) groups is 5. The number of carbonyl (C=O) groups excluding carboxylic acids is 5. The Bertz CT molecular complexity index is 1570. The zero-order valence-electron chi connectivity index (χ0n) is 29.8. The molecule has 6 fully saturated rings. The van der Waals surface area contributed by atoms with Gasteiger partial charge >= 0.3 is 29.8 Å². The third kappa shape index (κ3) is 4.30. The average molecular weight is 705 g/mol.